The topological polar surface area (TPSA) is 43.9 Å². The van der Waals surface area contributed by atoms with Gasteiger partial charge in [-0.25, -0.2) is 0 Å². The molecule has 0 bridgehead atoms. The molecule has 0 aliphatic heterocycles. The van der Waals surface area contributed by atoms with Crippen molar-refractivity contribution in [2.75, 3.05) is 0 Å². The van der Waals surface area contributed by atoms with E-state index in [2.05, 4.69) is 256 Å². The van der Waals surface area contributed by atoms with Crippen LogP contribution in [0.15, 0.2) is 187 Å². The molecule has 0 N–H and O–H groups in total. The maximum Gasteiger partial charge on any atom is 0.121 e. The maximum atomic E-state index is 6.95. The average molecular weight is 1240 g/mol. The Morgan fingerprint density at radius 3 is 1.94 bits per heavy atom. The molecule has 0 fully saturated rings. The quantitative estimate of drug-likeness (QED) is 0.0907. The monoisotopic (exact) mass is 1240 g/mol. The van der Waals surface area contributed by atoms with E-state index in [-0.39, 0.29) is 48.2 Å². The van der Waals surface area contributed by atoms with Crippen molar-refractivity contribution in [1.29, 1.82) is 0 Å². The molecule has 3 aromatic heterocycles. The summed E-state index contributed by atoms with van der Waals surface area (Å²) < 4.78 is 9.36. The Bertz CT molecular complexity index is 4290. The van der Waals surface area contributed by atoms with Crippen LogP contribution in [0.1, 0.15) is 103 Å². The van der Waals surface area contributed by atoms with E-state index in [0.29, 0.717) is 0 Å². The number of furan rings is 1. The van der Waals surface area contributed by atoms with Crippen LogP contribution in [0.3, 0.4) is 0 Å². The first-order chi connectivity index (χ1) is 37.7. The van der Waals surface area contributed by atoms with Crippen molar-refractivity contribution < 1.29 is 24.5 Å². The second-order valence-corrected chi connectivity index (χ2v) is 30.3. The van der Waals surface area contributed by atoms with Gasteiger partial charge in [0.15, 0.2) is 0 Å². The fraction of sp³-hybridized carbons (Fsp3) is 0.243. The van der Waals surface area contributed by atoms with Crippen LogP contribution in [0.4, 0.5) is 0 Å². The number of rotatable bonds is 7. The van der Waals surface area contributed by atoms with Crippen LogP contribution in [0.25, 0.3) is 105 Å². The van der Waals surface area contributed by atoms with Crippen molar-refractivity contribution in [3.05, 3.63) is 217 Å². The molecule has 403 valence electrons. The third-order valence-electron chi connectivity index (χ3n) is 18.4. The zero-order chi connectivity index (χ0) is 55.3. The molecule has 0 spiro atoms. The minimum Gasteiger partial charge on any atom is -0.501 e. The van der Waals surface area contributed by atoms with Crippen molar-refractivity contribution in [1.82, 2.24) is 14.5 Å². The largest absolute Gasteiger partial charge is 0.501 e. The minimum absolute atomic E-state index is 0. The van der Waals surface area contributed by atoms with E-state index in [9.17, 15) is 0 Å². The first-order valence-electron chi connectivity index (χ1n) is 28.3. The number of benzene rings is 9. The molecule has 13 rings (SSSR count). The third kappa shape index (κ3) is 8.99. The van der Waals surface area contributed by atoms with E-state index < -0.39 is 8.07 Å². The van der Waals surface area contributed by atoms with Gasteiger partial charge in [-0.2, -0.15) is 0 Å². The Morgan fingerprint density at radius 2 is 1.23 bits per heavy atom. The molecule has 4 nitrogen and oxygen atoms in total. The summed E-state index contributed by atoms with van der Waals surface area (Å²) in [6, 6.07) is 70.6. The van der Waals surface area contributed by atoms with Gasteiger partial charge >= 0.3 is 0 Å². The molecule has 12 aromatic rings. The molecule has 0 atom stereocenters. The predicted molar refractivity (Wildman–Crippen MR) is 338 cm³/mol. The van der Waals surface area contributed by atoms with Gasteiger partial charge in [-0.05, 0) is 147 Å². The van der Waals surface area contributed by atoms with E-state index in [1.165, 1.54) is 76.9 Å². The van der Waals surface area contributed by atoms with Gasteiger partial charge in [0.25, 0.3) is 0 Å². The maximum absolute atomic E-state index is 6.95. The summed E-state index contributed by atoms with van der Waals surface area (Å²) in [5, 5.41) is 8.40. The Labute approximate surface area is 487 Å². The van der Waals surface area contributed by atoms with Crippen LogP contribution < -0.4 is 5.19 Å². The van der Waals surface area contributed by atoms with E-state index in [1.54, 1.807) is 0 Å². The molecule has 0 amide bonds. The summed E-state index contributed by atoms with van der Waals surface area (Å²) >= 11 is 0. The standard InChI is InChI=1S/C60H55N2O.C14H16NSi.Ir/c1-35(2)46-31-40(38-28-29-43-42-20-13-14-23-50(42)58(5,6)60(9,10)59(7,8)51(43)33-38)32-47(36(3)4)55(46)62-53-25-16-15-24-52(53)61-57(62)45-22-17-21-44-49-30-39-27-26-37-18-11-12-19-41(37)48(39)34-54(49)63-56(44)45;1-16(2,3)13-9-10-14(15-11-13)12-7-5-4-6-8-12;/h11-21,23-36H,1-10H3;4-7,9-11H,1-3H3;/q2*-1;. The second-order valence-electron chi connectivity index (χ2n) is 25.3. The molecule has 1 aliphatic rings. The summed E-state index contributed by atoms with van der Waals surface area (Å²) in [7, 11) is -1.23. The first kappa shape index (κ1) is 54.7. The number of imidazole rings is 1. The van der Waals surface area contributed by atoms with Crippen LogP contribution in [0, 0.1) is 17.5 Å². The van der Waals surface area contributed by atoms with Crippen molar-refractivity contribution in [3.63, 3.8) is 0 Å². The molecular formula is C74H71IrN3OSi-2. The van der Waals surface area contributed by atoms with Gasteiger partial charge in [-0.1, -0.05) is 197 Å². The predicted octanol–water partition coefficient (Wildman–Crippen LogP) is 20.0. The fourth-order valence-corrected chi connectivity index (χ4v) is 13.6. The number of aromatic nitrogens is 3. The van der Waals surface area contributed by atoms with Crippen LogP contribution in [-0.2, 0) is 30.9 Å². The van der Waals surface area contributed by atoms with Gasteiger partial charge in [0.1, 0.15) is 5.58 Å². The van der Waals surface area contributed by atoms with E-state index in [4.69, 9.17) is 9.40 Å². The summed E-state index contributed by atoms with van der Waals surface area (Å²) in [5.74, 6) is 1.29. The summed E-state index contributed by atoms with van der Waals surface area (Å²) in [6.07, 6.45) is 2.02. The van der Waals surface area contributed by atoms with Crippen molar-refractivity contribution >= 4 is 67.8 Å². The van der Waals surface area contributed by atoms with Crippen LogP contribution in [-0.4, -0.2) is 22.6 Å². The Morgan fingerprint density at radius 1 is 0.550 bits per heavy atom. The number of pyridine rings is 1. The molecule has 80 heavy (non-hydrogen) atoms. The second kappa shape index (κ2) is 20.4. The first-order valence-corrected chi connectivity index (χ1v) is 31.8. The number of para-hydroxylation sites is 2. The molecule has 9 aromatic carbocycles. The van der Waals surface area contributed by atoms with Crippen LogP contribution >= 0.6 is 0 Å². The van der Waals surface area contributed by atoms with Crippen LogP contribution in [0.5, 0.6) is 0 Å². The van der Waals surface area contributed by atoms with E-state index in [0.717, 1.165) is 55.6 Å². The summed E-state index contributed by atoms with van der Waals surface area (Å²) in [5.41, 5.74) is 18.2. The van der Waals surface area contributed by atoms with Crippen molar-refractivity contribution in [3.8, 4) is 50.6 Å². The zero-order valence-corrected chi connectivity index (χ0v) is 52.0. The number of nitrogens with zero attached hydrogens (tertiary/aromatic N) is 3. The number of hydrogen-bond donors (Lipinski definition) is 0. The zero-order valence-electron chi connectivity index (χ0n) is 48.6. The van der Waals surface area contributed by atoms with Crippen molar-refractivity contribution in [2.24, 2.45) is 5.41 Å². The van der Waals surface area contributed by atoms with Crippen LogP contribution in [0.2, 0.25) is 19.6 Å². The fourth-order valence-electron chi connectivity index (χ4n) is 12.6. The van der Waals surface area contributed by atoms with Gasteiger partial charge in [0.2, 0.25) is 0 Å². The van der Waals surface area contributed by atoms with E-state index >= 15 is 0 Å². The average Bonchev–Trinajstić information content (AvgIpc) is 4.22. The molecule has 3 heterocycles. The van der Waals surface area contributed by atoms with Gasteiger partial charge in [0.05, 0.1) is 30.5 Å². The summed E-state index contributed by atoms with van der Waals surface area (Å²) in [4.78, 5) is 9.96. The Hall–Kier alpha value is -7.21. The molecule has 1 radical (unpaired) electrons. The van der Waals surface area contributed by atoms with Gasteiger partial charge in [-0.3, -0.25) is 4.98 Å². The minimum atomic E-state index is -1.23. The normalized spacial score (nSPS) is 14.5. The van der Waals surface area contributed by atoms with Crippen molar-refractivity contribution in [2.45, 2.75) is 112 Å². The third-order valence-corrected chi connectivity index (χ3v) is 20.4. The summed E-state index contributed by atoms with van der Waals surface area (Å²) in [6.45, 7) is 31.0. The molecular weight excluding hydrogens is 1170 g/mol. The Balaban J connectivity index is 0.000000342. The van der Waals surface area contributed by atoms with Gasteiger partial charge < -0.3 is 14.0 Å². The number of fused-ring (bicyclic) bond motifs is 10. The molecule has 0 saturated carbocycles. The molecule has 1 aliphatic carbocycles. The van der Waals surface area contributed by atoms with Gasteiger partial charge in [-0.15, -0.1) is 54.1 Å². The SMILES string of the molecule is CC(C)c1cc(-c2ccc3c(c2)C(C)(C)C(C)(C)C(C)(C)c2ccccc2-3)cc(C(C)C)c1-n1c(-c2[c-]ccc3c2oc2cc4c(ccc5ccccc54)cc23)nc2ccccc21.C[Si](C)(C)c1ccc(-c2[c-]cccc2)nc1.[Ir]. The molecule has 6 heteroatoms. The Kier molecular flexibility index (Phi) is 14.0. The smallest absolute Gasteiger partial charge is 0.121 e. The van der Waals surface area contributed by atoms with E-state index in [1.807, 2.05) is 36.5 Å². The molecule has 0 unspecified atom stereocenters. The number of hydrogen-bond acceptors (Lipinski definition) is 3. The molecule has 0 saturated heterocycles. The van der Waals surface area contributed by atoms with Gasteiger partial charge in [0, 0.05) is 37.4 Å².